The molecule has 12 heteroatoms. The second-order valence-corrected chi connectivity index (χ2v) is 11.0. The zero-order valence-corrected chi connectivity index (χ0v) is 22.1. The van der Waals surface area contributed by atoms with Crippen LogP contribution in [0, 0.1) is 11.6 Å². The number of aliphatic hydroxyl groups excluding tert-OH is 1. The Bertz CT molecular complexity index is 1320. The van der Waals surface area contributed by atoms with Crippen LogP contribution in [-0.2, 0) is 5.44 Å². The highest BCUT2D eigenvalue weighted by Crippen LogP contribution is 2.37. The van der Waals surface area contributed by atoms with E-state index in [0.717, 1.165) is 18.5 Å². The third-order valence-corrected chi connectivity index (χ3v) is 7.45. The number of anilines is 1. The zero-order chi connectivity index (χ0) is 27.0. The molecular formula is C25H27B2BrF2N4O3. The van der Waals surface area contributed by atoms with Gasteiger partial charge in [-0.05, 0) is 61.6 Å². The topological polar surface area (TPSA) is 121 Å². The molecule has 1 saturated carbocycles. The first-order valence-corrected chi connectivity index (χ1v) is 12.7. The van der Waals surface area contributed by atoms with Crippen LogP contribution in [0.2, 0.25) is 0 Å². The van der Waals surface area contributed by atoms with E-state index < -0.39 is 35.1 Å². The molecule has 192 valence electrons. The van der Waals surface area contributed by atoms with Gasteiger partial charge in [0.15, 0.2) is 0 Å². The molecule has 3 aromatic rings. The standard InChI is InChI=1S/C25H27B2BrF2N4O3/c26-24(37)5-3-13(4-6-24)20-11-32-22(31)21(33-20)14-1-2-18(19(30)7-14)23(36)34-25(27,12-35)15-8-16(28)10-17(29)9-15/h1-2,7-11,13,35,37H,3-6,12,26-27H2,(H2,31,32)(H,34,36)/t13-,24-,25-/m1/s1. The van der Waals surface area contributed by atoms with Crippen LogP contribution in [0.25, 0.3) is 11.3 Å². The lowest BCUT2D eigenvalue weighted by Crippen LogP contribution is -2.49. The van der Waals surface area contributed by atoms with Gasteiger partial charge in [-0.1, -0.05) is 22.0 Å². The van der Waals surface area contributed by atoms with Crippen LogP contribution in [0.4, 0.5) is 14.6 Å². The van der Waals surface area contributed by atoms with E-state index in [4.69, 9.17) is 5.73 Å². The lowest BCUT2D eigenvalue weighted by molar-refractivity contribution is 0.0784. The molecular weight excluding hydrogens is 544 g/mol. The minimum absolute atomic E-state index is 0.112. The first kappa shape index (κ1) is 27.2. The molecule has 1 aromatic heterocycles. The van der Waals surface area contributed by atoms with Gasteiger partial charge in [-0.15, -0.1) is 0 Å². The lowest BCUT2D eigenvalue weighted by Gasteiger charge is -2.33. The highest BCUT2D eigenvalue weighted by molar-refractivity contribution is 9.10. The smallest absolute Gasteiger partial charge is 0.254 e. The fourth-order valence-corrected chi connectivity index (χ4v) is 5.06. The average molecular weight is 571 g/mol. The molecule has 1 amide bonds. The number of carbonyl (C=O) groups excluding carboxylic acids is 1. The molecule has 1 aliphatic rings. The van der Waals surface area contributed by atoms with Crippen molar-refractivity contribution in [2.45, 2.75) is 42.5 Å². The Morgan fingerprint density at radius 3 is 2.57 bits per heavy atom. The van der Waals surface area contributed by atoms with Crippen molar-refractivity contribution in [2.75, 3.05) is 12.3 Å². The van der Waals surface area contributed by atoms with E-state index in [-0.39, 0.29) is 17.3 Å². The number of benzene rings is 2. The number of aliphatic hydroxyl groups is 2. The molecule has 2 aromatic carbocycles. The Balaban J connectivity index is 1.58. The van der Waals surface area contributed by atoms with Gasteiger partial charge in [0.2, 0.25) is 0 Å². The van der Waals surface area contributed by atoms with E-state index in [0.29, 0.717) is 34.1 Å². The summed E-state index contributed by atoms with van der Waals surface area (Å²) in [6.45, 7) is -0.538. The molecule has 1 fully saturated rings. The summed E-state index contributed by atoms with van der Waals surface area (Å²) in [4.78, 5) is 21.9. The van der Waals surface area contributed by atoms with Crippen LogP contribution in [0.15, 0.2) is 47.1 Å². The van der Waals surface area contributed by atoms with Crippen LogP contribution >= 0.6 is 15.9 Å². The molecule has 0 radical (unpaired) electrons. The highest BCUT2D eigenvalue weighted by Gasteiger charge is 2.32. The van der Waals surface area contributed by atoms with Crippen molar-refractivity contribution in [1.82, 2.24) is 15.3 Å². The van der Waals surface area contributed by atoms with Crippen LogP contribution in [0.3, 0.4) is 0 Å². The minimum atomic E-state index is -1.36. The monoisotopic (exact) mass is 570 g/mol. The number of rotatable bonds is 6. The number of amides is 1. The molecule has 0 saturated heterocycles. The molecule has 0 spiro atoms. The molecule has 7 nitrogen and oxygen atoms in total. The second-order valence-electron chi connectivity index (χ2n) is 10.1. The molecule has 5 N–H and O–H groups in total. The largest absolute Gasteiger partial charge is 0.399 e. The number of nitrogens with two attached hydrogens (primary N) is 1. The van der Waals surface area contributed by atoms with E-state index in [1.54, 1.807) is 12.3 Å². The summed E-state index contributed by atoms with van der Waals surface area (Å²) < 4.78 is 29.5. The van der Waals surface area contributed by atoms with E-state index in [1.165, 1.54) is 38.2 Å². The van der Waals surface area contributed by atoms with E-state index in [2.05, 4.69) is 31.2 Å². The van der Waals surface area contributed by atoms with Gasteiger partial charge in [-0.2, -0.15) is 0 Å². The quantitative estimate of drug-likeness (QED) is 0.336. The Morgan fingerprint density at radius 1 is 1.24 bits per heavy atom. The predicted molar refractivity (Wildman–Crippen MR) is 145 cm³/mol. The average Bonchev–Trinajstić information content (AvgIpc) is 2.83. The van der Waals surface area contributed by atoms with Crippen molar-refractivity contribution in [3.63, 3.8) is 0 Å². The van der Waals surface area contributed by atoms with Crippen molar-refractivity contribution in [3.05, 3.63) is 75.5 Å². The van der Waals surface area contributed by atoms with Crippen molar-refractivity contribution in [1.29, 1.82) is 0 Å². The Hall–Kier alpha value is -2.82. The first-order valence-electron chi connectivity index (χ1n) is 12.0. The number of aromatic nitrogens is 2. The number of hydrogen-bond donors (Lipinski definition) is 4. The second kappa shape index (κ2) is 10.5. The van der Waals surface area contributed by atoms with Crippen molar-refractivity contribution < 1.29 is 23.8 Å². The van der Waals surface area contributed by atoms with E-state index in [1.807, 2.05) is 7.85 Å². The van der Waals surface area contributed by atoms with Gasteiger partial charge in [0, 0.05) is 21.5 Å². The molecule has 4 rings (SSSR count). The maximum atomic E-state index is 15.2. The van der Waals surface area contributed by atoms with Gasteiger partial charge >= 0.3 is 0 Å². The number of nitrogen functional groups attached to an aromatic ring is 1. The molecule has 0 aliphatic heterocycles. The van der Waals surface area contributed by atoms with Crippen molar-refractivity contribution >= 4 is 43.3 Å². The van der Waals surface area contributed by atoms with Gasteiger partial charge in [0.1, 0.15) is 38.8 Å². The molecule has 1 aliphatic carbocycles. The molecule has 1 heterocycles. The Kier molecular flexibility index (Phi) is 7.73. The Labute approximate surface area is 223 Å². The number of nitrogens with zero attached hydrogens (tertiary/aromatic N) is 2. The summed E-state index contributed by atoms with van der Waals surface area (Å²) in [5.74, 6) is -1.89. The SMILES string of the molecule is B[C@](CO)(NC(=O)c1ccc(-c2nc([C@H]3CC[C@](B)(O)CC3)cnc2N)cc1F)c1cc(F)cc(Br)c1. The zero-order valence-electron chi connectivity index (χ0n) is 20.6. The number of hydrogen-bond acceptors (Lipinski definition) is 6. The molecule has 0 unspecified atom stereocenters. The van der Waals surface area contributed by atoms with E-state index in [9.17, 15) is 19.4 Å². The molecule has 37 heavy (non-hydrogen) atoms. The van der Waals surface area contributed by atoms with Gasteiger partial charge in [0.05, 0.1) is 29.5 Å². The summed E-state index contributed by atoms with van der Waals surface area (Å²) in [5, 5.41) is 22.8. The summed E-state index contributed by atoms with van der Waals surface area (Å²) in [6, 6.07) is 8.03. The van der Waals surface area contributed by atoms with Crippen LogP contribution in [0.5, 0.6) is 0 Å². The van der Waals surface area contributed by atoms with Gasteiger partial charge in [0.25, 0.3) is 5.91 Å². The van der Waals surface area contributed by atoms with Gasteiger partial charge < -0.3 is 21.3 Å². The maximum absolute atomic E-state index is 15.2. The molecule has 1 atom stereocenters. The summed E-state index contributed by atoms with van der Waals surface area (Å²) in [6.07, 6.45) is 4.42. The predicted octanol–water partition coefficient (Wildman–Crippen LogP) is 1.95. The van der Waals surface area contributed by atoms with Gasteiger partial charge in [-0.25, -0.2) is 18.7 Å². The number of carbonyl (C=O) groups is 1. The van der Waals surface area contributed by atoms with Gasteiger partial charge in [-0.3, -0.25) is 4.79 Å². The van der Waals surface area contributed by atoms with Crippen LogP contribution in [-0.4, -0.2) is 53.9 Å². The van der Waals surface area contributed by atoms with Crippen LogP contribution < -0.4 is 11.1 Å². The highest BCUT2D eigenvalue weighted by atomic mass is 79.9. The van der Waals surface area contributed by atoms with Crippen LogP contribution in [0.1, 0.15) is 53.2 Å². The van der Waals surface area contributed by atoms with E-state index >= 15 is 4.39 Å². The Morgan fingerprint density at radius 2 is 1.95 bits per heavy atom. The number of nitrogens with one attached hydrogen (secondary N) is 1. The molecule has 0 bridgehead atoms. The first-order chi connectivity index (χ1) is 17.4. The minimum Gasteiger partial charge on any atom is -0.399 e. The maximum Gasteiger partial charge on any atom is 0.254 e. The third kappa shape index (κ3) is 6.02. The summed E-state index contributed by atoms with van der Waals surface area (Å²) in [5.41, 5.74) is 5.47. The third-order valence-electron chi connectivity index (χ3n) is 6.99. The fraction of sp³-hybridized carbons (Fsp3) is 0.320. The van der Waals surface area contributed by atoms with Crippen molar-refractivity contribution in [2.24, 2.45) is 0 Å². The fourth-order valence-electron chi connectivity index (χ4n) is 4.60. The van der Waals surface area contributed by atoms with Crippen molar-refractivity contribution in [3.8, 4) is 11.3 Å². The summed E-state index contributed by atoms with van der Waals surface area (Å²) in [7, 11) is 3.34. The normalized spacial score (nSPS) is 21.3. The lowest BCUT2D eigenvalue weighted by atomic mass is 9.67. The number of halogens is 3. The summed E-state index contributed by atoms with van der Waals surface area (Å²) >= 11 is 3.20.